The van der Waals surface area contributed by atoms with Crippen LogP contribution in [0, 0.1) is 17.5 Å². The fraction of sp³-hybridized carbons (Fsp3) is 0.375. The zero-order valence-electron chi connectivity index (χ0n) is 20.5. The Morgan fingerprint density at radius 2 is 1.88 bits per heavy atom. The number of halogens is 5. The highest BCUT2D eigenvalue weighted by Gasteiger charge is 2.50. The highest BCUT2D eigenvalue weighted by Crippen LogP contribution is 2.37. The summed E-state index contributed by atoms with van der Waals surface area (Å²) in [5.74, 6) is -5.34. The van der Waals surface area contributed by atoms with Crippen LogP contribution in [-0.4, -0.2) is 79.0 Å². The minimum Gasteiger partial charge on any atom is -0.464 e. The van der Waals surface area contributed by atoms with E-state index >= 15 is 0 Å². The first-order valence-electron chi connectivity index (χ1n) is 11.7. The van der Waals surface area contributed by atoms with Crippen molar-refractivity contribution in [2.75, 3.05) is 19.8 Å². The number of aromatic nitrogens is 3. The van der Waals surface area contributed by atoms with E-state index in [-0.39, 0.29) is 32.8 Å². The van der Waals surface area contributed by atoms with Gasteiger partial charge < -0.3 is 24.4 Å². The van der Waals surface area contributed by atoms with Crippen molar-refractivity contribution in [3.63, 3.8) is 0 Å². The van der Waals surface area contributed by atoms with Crippen LogP contribution in [0.2, 0.25) is 10.0 Å². The van der Waals surface area contributed by atoms with Crippen LogP contribution in [0.25, 0.3) is 11.3 Å². The number of esters is 1. The average molecular weight is 624 g/mol. The number of rotatable bonds is 9. The van der Waals surface area contributed by atoms with Crippen LogP contribution in [-0.2, 0) is 29.8 Å². The monoisotopic (exact) mass is 623 g/mol. The van der Waals surface area contributed by atoms with Gasteiger partial charge in [0.1, 0.15) is 36.7 Å². The zero-order chi connectivity index (χ0) is 29.1. The summed E-state index contributed by atoms with van der Waals surface area (Å²) in [4.78, 5) is 12.3. The third kappa shape index (κ3) is 6.33. The molecule has 0 bridgehead atoms. The maximum Gasteiger partial charge on any atom is 0.332 e. The third-order valence-electron chi connectivity index (χ3n) is 5.95. The summed E-state index contributed by atoms with van der Waals surface area (Å²) in [6.45, 7) is 0.283. The largest absolute Gasteiger partial charge is 0.464 e. The molecule has 1 aromatic heterocycles. The molecule has 0 saturated carbocycles. The van der Waals surface area contributed by atoms with E-state index in [1.54, 1.807) is 6.92 Å². The Bertz CT molecular complexity index is 1390. The molecule has 16 heteroatoms. The van der Waals surface area contributed by atoms with Crippen molar-refractivity contribution in [1.82, 2.24) is 15.0 Å². The van der Waals surface area contributed by atoms with E-state index in [1.165, 1.54) is 24.4 Å². The molecule has 2 N–H and O–H groups in total. The number of carbonyl (C=O) groups excluding carboxylic acids is 1. The van der Waals surface area contributed by atoms with Crippen LogP contribution < -0.4 is 0 Å². The van der Waals surface area contributed by atoms with Gasteiger partial charge in [-0.1, -0.05) is 28.4 Å². The predicted molar refractivity (Wildman–Crippen MR) is 135 cm³/mol. The molecule has 3 aromatic rings. The molecule has 0 radical (unpaired) electrons. The van der Waals surface area contributed by atoms with Gasteiger partial charge in [-0.2, -0.15) is 0 Å². The molecular formula is C24H22Cl2F3N3O7S. The number of hydrogen-bond donors (Lipinski definition) is 2. The first kappa shape index (κ1) is 30.4. The molecule has 216 valence electrons. The Kier molecular flexibility index (Phi) is 9.82. The Morgan fingerprint density at radius 1 is 1.18 bits per heavy atom. The Balaban J connectivity index is 1.76. The van der Waals surface area contributed by atoms with Crippen LogP contribution >= 0.6 is 23.2 Å². The second-order valence-corrected chi connectivity index (χ2v) is 10.8. The quantitative estimate of drug-likeness (QED) is 0.272. The van der Waals surface area contributed by atoms with Crippen LogP contribution in [0.15, 0.2) is 41.4 Å². The summed E-state index contributed by atoms with van der Waals surface area (Å²) in [5, 5.41) is 29.1. The van der Waals surface area contributed by atoms with E-state index < -0.39 is 77.2 Å². The number of benzene rings is 2. The summed E-state index contributed by atoms with van der Waals surface area (Å²) >= 11 is 12.1. The van der Waals surface area contributed by atoms with Crippen LogP contribution in [0.5, 0.6) is 0 Å². The zero-order valence-corrected chi connectivity index (χ0v) is 22.9. The number of ether oxygens (including phenoxy) is 3. The van der Waals surface area contributed by atoms with E-state index in [4.69, 9.17) is 37.4 Å². The Morgan fingerprint density at radius 3 is 2.50 bits per heavy atom. The van der Waals surface area contributed by atoms with Crippen LogP contribution in [0.1, 0.15) is 13.0 Å². The maximum absolute atomic E-state index is 13.8. The van der Waals surface area contributed by atoms with E-state index in [0.29, 0.717) is 12.1 Å². The van der Waals surface area contributed by atoms with Gasteiger partial charge in [0.25, 0.3) is 0 Å². The summed E-state index contributed by atoms with van der Waals surface area (Å²) < 4.78 is 72.3. The molecule has 4 rings (SSSR count). The van der Waals surface area contributed by atoms with Gasteiger partial charge in [-0.15, -0.1) is 5.10 Å². The second-order valence-electron chi connectivity index (χ2n) is 8.50. The topological polar surface area (TPSA) is 133 Å². The molecule has 0 spiro atoms. The summed E-state index contributed by atoms with van der Waals surface area (Å²) in [6, 6.07) is 4.30. The first-order valence-corrected chi connectivity index (χ1v) is 13.7. The SMILES string of the molecule is CCOC(=O)CO[C@@H]1[C@@H](n2cc(-c3cc(F)c(F)c(F)c3)nn2)[C@@H](O)[C@@H](CO)O[C@@H]1S(=O)c1ccc(Cl)c(Cl)c1. The highest BCUT2D eigenvalue weighted by molar-refractivity contribution is 7.85. The molecule has 0 amide bonds. The molecule has 40 heavy (non-hydrogen) atoms. The van der Waals surface area contributed by atoms with Gasteiger partial charge in [-0.3, -0.25) is 4.21 Å². The normalized spacial score (nSPS) is 23.6. The van der Waals surface area contributed by atoms with Crippen molar-refractivity contribution >= 4 is 40.0 Å². The van der Waals surface area contributed by atoms with Crippen molar-refractivity contribution in [1.29, 1.82) is 0 Å². The second kappa shape index (κ2) is 12.9. The minimum absolute atomic E-state index is 0.0534. The van der Waals surface area contributed by atoms with Crippen molar-refractivity contribution in [2.45, 2.75) is 41.6 Å². The maximum atomic E-state index is 13.8. The predicted octanol–water partition coefficient (Wildman–Crippen LogP) is 3.04. The molecule has 1 aliphatic heterocycles. The number of nitrogens with zero attached hydrogens (tertiary/aromatic N) is 3. The van der Waals surface area contributed by atoms with E-state index in [0.717, 1.165) is 4.68 Å². The molecule has 0 aliphatic carbocycles. The molecule has 10 nitrogen and oxygen atoms in total. The van der Waals surface area contributed by atoms with Gasteiger partial charge in [0, 0.05) is 10.5 Å². The van der Waals surface area contributed by atoms with E-state index in [9.17, 15) is 32.4 Å². The molecule has 1 aliphatic rings. The lowest BCUT2D eigenvalue weighted by atomic mass is 9.97. The summed E-state index contributed by atoms with van der Waals surface area (Å²) in [7, 11) is -2.07. The fourth-order valence-electron chi connectivity index (χ4n) is 4.07. The molecule has 6 atom stereocenters. The fourth-order valence-corrected chi connectivity index (χ4v) is 5.87. The Hall–Kier alpha value is -2.59. The van der Waals surface area contributed by atoms with Crippen LogP contribution in [0.3, 0.4) is 0 Å². The van der Waals surface area contributed by atoms with Crippen molar-refractivity contribution in [3.05, 3.63) is 64.0 Å². The van der Waals surface area contributed by atoms with E-state index in [2.05, 4.69) is 10.3 Å². The Labute approximate surface area is 238 Å². The number of aliphatic hydroxyl groups excluding tert-OH is 2. The third-order valence-corrected chi connectivity index (χ3v) is 8.21. The van der Waals surface area contributed by atoms with Crippen molar-refractivity contribution in [2.24, 2.45) is 0 Å². The van der Waals surface area contributed by atoms with Gasteiger partial charge in [-0.25, -0.2) is 22.6 Å². The van der Waals surface area contributed by atoms with Gasteiger partial charge in [-0.05, 0) is 37.3 Å². The molecule has 1 fully saturated rings. The summed E-state index contributed by atoms with van der Waals surface area (Å²) in [6.07, 6.45) is -3.07. The lowest BCUT2D eigenvalue weighted by molar-refractivity contribution is -0.198. The average Bonchev–Trinajstić information content (AvgIpc) is 3.41. The number of aliphatic hydroxyl groups is 2. The summed E-state index contributed by atoms with van der Waals surface area (Å²) in [5.41, 5.74) is -1.68. The molecule has 1 saturated heterocycles. The number of carbonyl (C=O) groups is 1. The lowest BCUT2D eigenvalue weighted by Gasteiger charge is -2.43. The van der Waals surface area contributed by atoms with Crippen molar-refractivity contribution < 1.29 is 46.6 Å². The van der Waals surface area contributed by atoms with Crippen molar-refractivity contribution in [3.8, 4) is 11.3 Å². The molecule has 2 aromatic carbocycles. The van der Waals surface area contributed by atoms with Crippen LogP contribution in [0.4, 0.5) is 13.2 Å². The first-order chi connectivity index (χ1) is 19.0. The smallest absolute Gasteiger partial charge is 0.332 e. The van der Waals surface area contributed by atoms with Gasteiger partial charge in [0.2, 0.25) is 0 Å². The molecule has 2 heterocycles. The molecule has 1 unspecified atom stereocenters. The van der Waals surface area contributed by atoms with Gasteiger partial charge in [0.15, 0.2) is 22.9 Å². The highest BCUT2D eigenvalue weighted by atomic mass is 35.5. The number of hydrogen-bond acceptors (Lipinski definition) is 9. The van der Waals surface area contributed by atoms with Gasteiger partial charge in [0.05, 0.1) is 40.3 Å². The van der Waals surface area contributed by atoms with E-state index in [1.807, 2.05) is 0 Å². The molecular weight excluding hydrogens is 602 g/mol. The van der Waals surface area contributed by atoms with Gasteiger partial charge >= 0.3 is 5.97 Å². The standard InChI is InChI=1S/C24H22Cl2F3N3O7S/c1-2-37-19(34)10-38-23-21(32-8-17(30-31-32)11-5-15(27)20(29)16(28)6-11)22(35)18(9-33)39-24(23)40(36)12-3-4-13(25)14(26)7-12/h3-8,18,21-24,33,35H,2,9-10H2,1H3/t18-,21+,22+,23-,24-,40?/m1/s1. The minimum atomic E-state index is -2.07. The lowest BCUT2D eigenvalue weighted by Crippen LogP contribution is -2.58.